The number of pyridine rings is 1. The van der Waals surface area contributed by atoms with Gasteiger partial charge in [-0.15, -0.1) is 0 Å². The van der Waals surface area contributed by atoms with Crippen molar-refractivity contribution < 1.29 is 18.9 Å². The van der Waals surface area contributed by atoms with E-state index in [1.54, 1.807) is 27.4 Å². The Kier molecular flexibility index (Phi) is 4.80. The number of benzene rings is 2. The lowest BCUT2D eigenvalue weighted by molar-refractivity contribution is 0.349. The van der Waals surface area contributed by atoms with Crippen LogP contribution < -0.4 is 30.0 Å². The van der Waals surface area contributed by atoms with Gasteiger partial charge >= 0.3 is 0 Å². The van der Waals surface area contributed by atoms with Crippen molar-refractivity contribution in [3.8, 4) is 28.9 Å². The van der Waals surface area contributed by atoms with E-state index in [1.807, 2.05) is 30.3 Å². The normalized spacial score (nSPS) is 11.7. The zero-order chi connectivity index (χ0) is 20.5. The molecule has 0 unspecified atom stereocenters. The van der Waals surface area contributed by atoms with E-state index in [1.165, 1.54) is 0 Å². The van der Waals surface area contributed by atoms with E-state index in [4.69, 9.17) is 31.6 Å². The molecule has 29 heavy (non-hydrogen) atoms. The van der Waals surface area contributed by atoms with Crippen molar-refractivity contribution in [2.75, 3.05) is 32.4 Å². The molecule has 0 amide bonds. The van der Waals surface area contributed by atoms with Crippen LogP contribution in [0.25, 0.3) is 0 Å². The summed E-state index contributed by atoms with van der Waals surface area (Å²) in [7, 11) is 4.77. The molecule has 0 bridgehead atoms. The number of ether oxygens (including phenoxy) is 4. The number of methoxy groups -OCH3 is 3. The van der Waals surface area contributed by atoms with Gasteiger partial charge in [-0.2, -0.15) is 4.98 Å². The molecule has 0 atom stereocenters. The first-order chi connectivity index (χ1) is 14.0. The van der Waals surface area contributed by atoms with Crippen LogP contribution in [0.5, 0.6) is 28.9 Å². The van der Waals surface area contributed by atoms with Crippen molar-refractivity contribution in [3.05, 3.63) is 60.0 Å². The summed E-state index contributed by atoms with van der Waals surface area (Å²) in [5, 5.41) is 3.28. The van der Waals surface area contributed by atoms with Gasteiger partial charge in [0.1, 0.15) is 17.3 Å². The molecular weight excluding hydrogens is 370 g/mol. The van der Waals surface area contributed by atoms with Gasteiger partial charge < -0.3 is 30.0 Å². The van der Waals surface area contributed by atoms with Crippen molar-refractivity contribution >= 4 is 17.2 Å². The molecule has 0 saturated carbocycles. The number of nitrogens with zero attached hydrogens (tertiary/aromatic N) is 1. The molecule has 0 fully saturated rings. The smallest absolute Gasteiger partial charge is 0.226 e. The number of nitrogens with two attached hydrogens (primary N) is 1. The van der Waals surface area contributed by atoms with E-state index in [-0.39, 0.29) is 11.4 Å². The SMILES string of the molecule is [C]c1c(N)nc2c(c1Nc1ccc(OC)cc1)Cc1cc(OC)c(OC)cc1O2. The second-order valence-corrected chi connectivity index (χ2v) is 6.48. The topological polar surface area (TPSA) is 87.9 Å². The lowest BCUT2D eigenvalue weighted by Gasteiger charge is -2.25. The summed E-state index contributed by atoms with van der Waals surface area (Å²) in [5.41, 5.74) is 9.10. The molecule has 1 aliphatic rings. The molecule has 147 valence electrons. The number of rotatable bonds is 5. The van der Waals surface area contributed by atoms with Crippen LogP contribution in [0.4, 0.5) is 17.2 Å². The highest BCUT2D eigenvalue weighted by Crippen LogP contribution is 2.45. The van der Waals surface area contributed by atoms with Crippen molar-refractivity contribution in [3.63, 3.8) is 0 Å². The maximum absolute atomic E-state index is 8.41. The van der Waals surface area contributed by atoms with Crippen LogP contribution in [0, 0.1) is 6.92 Å². The Bertz CT molecular complexity index is 1060. The summed E-state index contributed by atoms with van der Waals surface area (Å²) < 4.78 is 21.9. The molecule has 0 saturated heterocycles. The number of nitrogen functional groups attached to an aromatic ring is 1. The summed E-state index contributed by atoms with van der Waals surface area (Å²) in [6.45, 7) is 8.41. The van der Waals surface area contributed by atoms with Crippen LogP contribution in [0.1, 0.15) is 16.7 Å². The Morgan fingerprint density at radius 2 is 1.72 bits per heavy atom. The first-order valence-corrected chi connectivity index (χ1v) is 8.91. The Balaban J connectivity index is 1.76. The number of anilines is 3. The van der Waals surface area contributed by atoms with Gasteiger partial charge in [-0.25, -0.2) is 0 Å². The number of aromatic nitrogens is 1. The summed E-state index contributed by atoms with van der Waals surface area (Å²) in [5.74, 6) is 3.00. The minimum Gasteiger partial charge on any atom is -0.497 e. The molecule has 7 heteroatoms. The van der Waals surface area contributed by atoms with Gasteiger partial charge in [-0.1, -0.05) is 0 Å². The molecule has 1 aliphatic heterocycles. The van der Waals surface area contributed by atoms with Crippen LogP contribution >= 0.6 is 0 Å². The lowest BCUT2D eigenvalue weighted by atomic mass is 9.98. The Morgan fingerprint density at radius 3 is 2.38 bits per heavy atom. The largest absolute Gasteiger partial charge is 0.497 e. The third-order valence-electron chi connectivity index (χ3n) is 4.79. The maximum Gasteiger partial charge on any atom is 0.226 e. The molecule has 0 spiro atoms. The average Bonchev–Trinajstić information content (AvgIpc) is 2.75. The van der Waals surface area contributed by atoms with Crippen LogP contribution in [0.15, 0.2) is 36.4 Å². The second-order valence-electron chi connectivity index (χ2n) is 6.48. The van der Waals surface area contributed by atoms with Gasteiger partial charge in [-0.3, -0.25) is 0 Å². The fourth-order valence-electron chi connectivity index (χ4n) is 3.25. The standard InChI is InChI=1S/C22H20N3O4/c1-12-20(24-14-5-7-15(26-2)8-6-14)16-9-13-10-18(27-3)19(28-4)11-17(13)29-22(16)25-21(12)23/h5-8,10-11H,9H2,2-4H3,(H3,23,24,25). The zero-order valence-corrected chi connectivity index (χ0v) is 16.3. The number of fused-ring (bicyclic) bond motifs is 2. The van der Waals surface area contributed by atoms with Crippen LogP contribution in [0.3, 0.4) is 0 Å². The highest BCUT2D eigenvalue weighted by Gasteiger charge is 2.26. The zero-order valence-electron chi connectivity index (χ0n) is 16.3. The molecule has 7 nitrogen and oxygen atoms in total. The number of hydrogen-bond acceptors (Lipinski definition) is 7. The first-order valence-electron chi connectivity index (χ1n) is 8.91. The quantitative estimate of drug-likeness (QED) is 0.531. The highest BCUT2D eigenvalue weighted by molar-refractivity contribution is 5.76. The fraction of sp³-hybridized carbons (Fsp3) is 0.182. The first kappa shape index (κ1) is 18.7. The van der Waals surface area contributed by atoms with Gasteiger partial charge in [0.25, 0.3) is 0 Å². The Labute approximate surface area is 169 Å². The molecule has 0 aliphatic carbocycles. The lowest BCUT2D eigenvalue weighted by Crippen LogP contribution is -2.12. The summed E-state index contributed by atoms with van der Waals surface area (Å²) in [6.07, 6.45) is 0.503. The third-order valence-corrected chi connectivity index (χ3v) is 4.79. The van der Waals surface area contributed by atoms with E-state index >= 15 is 0 Å². The van der Waals surface area contributed by atoms with Gasteiger partial charge in [-0.05, 0) is 30.3 Å². The number of hydrogen-bond donors (Lipinski definition) is 2. The van der Waals surface area contributed by atoms with Crippen LogP contribution in [-0.4, -0.2) is 26.3 Å². The summed E-state index contributed by atoms with van der Waals surface area (Å²) >= 11 is 0. The van der Waals surface area contributed by atoms with Gasteiger partial charge in [0, 0.05) is 41.8 Å². The van der Waals surface area contributed by atoms with Gasteiger partial charge in [0.05, 0.1) is 27.0 Å². The Hall–Kier alpha value is -3.61. The van der Waals surface area contributed by atoms with Gasteiger partial charge in [0.15, 0.2) is 11.5 Å². The molecule has 3 N–H and O–H groups in total. The Morgan fingerprint density at radius 1 is 1.03 bits per heavy atom. The average molecular weight is 390 g/mol. The van der Waals surface area contributed by atoms with Gasteiger partial charge in [0.2, 0.25) is 5.88 Å². The molecule has 4 rings (SSSR count). The molecule has 3 aromatic rings. The second kappa shape index (κ2) is 7.43. The maximum atomic E-state index is 8.41. The van der Waals surface area contributed by atoms with Crippen molar-refractivity contribution in [2.45, 2.75) is 6.42 Å². The van der Waals surface area contributed by atoms with E-state index in [2.05, 4.69) is 10.3 Å². The van der Waals surface area contributed by atoms with Crippen LogP contribution in [0.2, 0.25) is 0 Å². The minimum absolute atomic E-state index is 0.0867. The molecule has 2 aromatic carbocycles. The van der Waals surface area contributed by atoms with Crippen molar-refractivity contribution in [2.24, 2.45) is 0 Å². The molecule has 3 radical (unpaired) electrons. The number of nitrogens with one attached hydrogen (secondary N) is 1. The summed E-state index contributed by atoms with van der Waals surface area (Å²) in [4.78, 5) is 4.28. The highest BCUT2D eigenvalue weighted by atomic mass is 16.5. The van der Waals surface area contributed by atoms with E-state index in [9.17, 15) is 0 Å². The van der Waals surface area contributed by atoms with E-state index in [0.29, 0.717) is 35.2 Å². The van der Waals surface area contributed by atoms with Crippen molar-refractivity contribution in [1.82, 2.24) is 4.98 Å². The minimum atomic E-state index is 0.0867. The molecular formula is C22H20N3O4. The monoisotopic (exact) mass is 390 g/mol. The summed E-state index contributed by atoms with van der Waals surface area (Å²) in [6, 6.07) is 11.0. The van der Waals surface area contributed by atoms with Crippen LogP contribution in [-0.2, 0) is 6.42 Å². The predicted octanol–water partition coefficient (Wildman–Crippen LogP) is 4.07. The van der Waals surface area contributed by atoms with E-state index < -0.39 is 0 Å². The predicted molar refractivity (Wildman–Crippen MR) is 110 cm³/mol. The van der Waals surface area contributed by atoms with E-state index in [0.717, 1.165) is 22.6 Å². The fourth-order valence-corrected chi connectivity index (χ4v) is 3.25. The molecule has 2 heterocycles. The molecule has 1 aromatic heterocycles. The van der Waals surface area contributed by atoms with Crippen molar-refractivity contribution in [1.29, 1.82) is 0 Å². The third kappa shape index (κ3) is 3.35.